The van der Waals surface area contributed by atoms with Crippen LogP contribution in [0.4, 0.5) is 0 Å². The van der Waals surface area contributed by atoms with Gasteiger partial charge in [0.25, 0.3) is 5.91 Å². The van der Waals surface area contributed by atoms with Crippen molar-refractivity contribution in [2.75, 3.05) is 26.2 Å². The zero-order valence-electron chi connectivity index (χ0n) is 19.2. The summed E-state index contributed by atoms with van der Waals surface area (Å²) in [6.45, 7) is 2.70. The topological polar surface area (TPSA) is 58.6 Å². The molecule has 2 aliphatic heterocycles. The monoisotopic (exact) mass is 512 g/mol. The number of benzene rings is 2. The molecule has 1 unspecified atom stereocenters. The van der Waals surface area contributed by atoms with Gasteiger partial charge in [-0.25, -0.2) is 0 Å². The Kier molecular flexibility index (Phi) is 8.07. The molecule has 2 aromatic rings. The molecule has 0 bridgehead atoms. The maximum Gasteiger partial charge on any atom is 0.255 e. The SMILES string of the molecule is O=C1NCC2(CCCCCCOc3ccccc31)CCCN(C(=O)Cc1ccccc1Br)C2. The number of nitrogens with zero attached hydrogens (tertiary/aromatic N) is 1. The Bertz CT molecular complexity index is 979. The molecule has 2 heterocycles. The number of rotatable bonds is 2. The molecule has 1 N–H and O–H groups in total. The molecule has 0 aromatic heterocycles. The van der Waals surface area contributed by atoms with E-state index in [1.165, 1.54) is 0 Å². The van der Waals surface area contributed by atoms with Crippen LogP contribution in [-0.4, -0.2) is 43.0 Å². The van der Waals surface area contributed by atoms with Gasteiger partial charge in [0.1, 0.15) is 5.75 Å². The summed E-state index contributed by atoms with van der Waals surface area (Å²) < 4.78 is 6.88. The summed E-state index contributed by atoms with van der Waals surface area (Å²) in [5.41, 5.74) is 1.52. The highest BCUT2D eigenvalue weighted by atomic mass is 79.9. The average Bonchev–Trinajstić information content (AvgIpc) is 2.84. The van der Waals surface area contributed by atoms with Gasteiger partial charge in [-0.15, -0.1) is 0 Å². The highest BCUT2D eigenvalue weighted by Crippen LogP contribution is 2.36. The van der Waals surface area contributed by atoms with E-state index in [0.717, 1.165) is 61.5 Å². The first kappa shape index (κ1) is 23.8. The third kappa shape index (κ3) is 6.17. The summed E-state index contributed by atoms with van der Waals surface area (Å²) >= 11 is 3.57. The largest absolute Gasteiger partial charge is 0.493 e. The van der Waals surface area contributed by atoms with Crippen molar-refractivity contribution in [1.82, 2.24) is 10.2 Å². The van der Waals surface area contributed by atoms with Crippen molar-refractivity contribution in [1.29, 1.82) is 0 Å². The third-order valence-corrected chi connectivity index (χ3v) is 7.70. The Balaban J connectivity index is 1.49. The van der Waals surface area contributed by atoms with Gasteiger partial charge in [-0.3, -0.25) is 9.59 Å². The van der Waals surface area contributed by atoms with Crippen LogP contribution in [0.25, 0.3) is 0 Å². The normalized spacial score (nSPS) is 22.2. The maximum absolute atomic E-state index is 13.2. The minimum atomic E-state index is -0.0964. The molecule has 0 aliphatic carbocycles. The first-order valence-electron chi connectivity index (χ1n) is 12.1. The fourth-order valence-corrected chi connectivity index (χ4v) is 5.48. The predicted molar refractivity (Wildman–Crippen MR) is 133 cm³/mol. The molecule has 176 valence electrons. The van der Waals surface area contributed by atoms with Gasteiger partial charge in [-0.2, -0.15) is 0 Å². The quantitative estimate of drug-likeness (QED) is 0.587. The van der Waals surface area contributed by atoms with Gasteiger partial charge in [-0.05, 0) is 49.4 Å². The summed E-state index contributed by atoms with van der Waals surface area (Å²) in [5, 5.41) is 3.19. The molecule has 2 aliphatic rings. The minimum absolute atomic E-state index is 0.0820. The molecule has 2 amide bonds. The summed E-state index contributed by atoms with van der Waals surface area (Å²) in [5.74, 6) is 0.715. The fourth-order valence-electron chi connectivity index (χ4n) is 5.05. The number of halogens is 1. The summed E-state index contributed by atoms with van der Waals surface area (Å²) in [6, 6.07) is 15.4. The van der Waals surface area contributed by atoms with Crippen molar-refractivity contribution in [3.8, 4) is 5.75 Å². The van der Waals surface area contributed by atoms with E-state index in [1.54, 1.807) is 0 Å². The number of hydrogen-bond acceptors (Lipinski definition) is 3. The predicted octanol–water partition coefficient (Wildman–Crippen LogP) is 5.37. The summed E-state index contributed by atoms with van der Waals surface area (Å²) in [6.07, 6.45) is 7.77. The van der Waals surface area contributed by atoms with Crippen molar-refractivity contribution in [3.05, 3.63) is 64.1 Å². The van der Waals surface area contributed by atoms with Crippen LogP contribution in [0.3, 0.4) is 0 Å². The Morgan fingerprint density at radius 2 is 1.76 bits per heavy atom. The van der Waals surface area contributed by atoms with E-state index >= 15 is 0 Å². The molecular weight excluding hydrogens is 480 g/mol. The van der Waals surface area contributed by atoms with E-state index in [0.29, 0.717) is 37.4 Å². The smallest absolute Gasteiger partial charge is 0.255 e. The highest BCUT2D eigenvalue weighted by molar-refractivity contribution is 9.10. The van der Waals surface area contributed by atoms with Crippen LogP contribution >= 0.6 is 15.9 Å². The molecule has 0 radical (unpaired) electrons. The van der Waals surface area contributed by atoms with Crippen molar-refractivity contribution in [2.24, 2.45) is 5.41 Å². The molecule has 0 saturated carbocycles. The van der Waals surface area contributed by atoms with E-state index in [9.17, 15) is 9.59 Å². The standard InChI is InChI=1S/C27H33BrN2O3/c28-23-12-5-3-10-21(23)18-25(31)30-16-9-15-27(20-30)14-7-1-2-8-17-33-24-13-6-4-11-22(24)26(32)29-19-27/h3-6,10-13H,1-2,7-9,14-20H2,(H,29,32). The van der Waals surface area contributed by atoms with E-state index in [2.05, 4.69) is 21.2 Å². The second-order valence-corrected chi connectivity index (χ2v) is 10.2. The molecule has 1 saturated heterocycles. The lowest BCUT2D eigenvalue weighted by molar-refractivity contribution is -0.134. The van der Waals surface area contributed by atoms with E-state index < -0.39 is 0 Å². The minimum Gasteiger partial charge on any atom is -0.493 e. The first-order valence-corrected chi connectivity index (χ1v) is 12.9. The van der Waals surface area contributed by atoms with Gasteiger partial charge in [0.15, 0.2) is 0 Å². The van der Waals surface area contributed by atoms with Crippen LogP contribution in [0.15, 0.2) is 53.0 Å². The molecule has 5 nitrogen and oxygen atoms in total. The van der Waals surface area contributed by atoms with Crippen LogP contribution in [0.2, 0.25) is 0 Å². The Hall–Kier alpha value is -2.34. The van der Waals surface area contributed by atoms with Gasteiger partial charge >= 0.3 is 0 Å². The van der Waals surface area contributed by atoms with E-state index in [4.69, 9.17) is 4.74 Å². The van der Waals surface area contributed by atoms with E-state index in [1.807, 2.05) is 53.4 Å². The second kappa shape index (κ2) is 11.2. The second-order valence-electron chi connectivity index (χ2n) is 9.38. The lowest BCUT2D eigenvalue weighted by Gasteiger charge is -2.43. The number of ether oxygens (including phenoxy) is 1. The Morgan fingerprint density at radius 1 is 1.00 bits per heavy atom. The maximum atomic E-state index is 13.2. The molecule has 1 atom stereocenters. The third-order valence-electron chi connectivity index (χ3n) is 6.93. The zero-order valence-corrected chi connectivity index (χ0v) is 20.7. The number of carbonyl (C=O) groups is 2. The molecular formula is C27H33BrN2O3. The number of piperidine rings is 1. The molecule has 1 fully saturated rings. The van der Waals surface area contributed by atoms with Crippen LogP contribution in [0.1, 0.15) is 60.9 Å². The Labute approximate surface area is 205 Å². The fraction of sp³-hybridized carbons (Fsp3) is 0.481. The van der Waals surface area contributed by atoms with Crippen molar-refractivity contribution >= 4 is 27.7 Å². The molecule has 1 spiro atoms. The van der Waals surface area contributed by atoms with Crippen molar-refractivity contribution < 1.29 is 14.3 Å². The van der Waals surface area contributed by atoms with Gasteiger partial charge < -0.3 is 15.0 Å². The number of nitrogens with one attached hydrogen (secondary N) is 1. The number of likely N-dealkylation sites (tertiary alicyclic amines) is 1. The number of carbonyl (C=O) groups excluding carboxylic acids is 2. The molecule has 2 aromatic carbocycles. The number of fused-ring (bicyclic) bond motifs is 1. The van der Waals surface area contributed by atoms with Crippen LogP contribution in [-0.2, 0) is 11.2 Å². The van der Waals surface area contributed by atoms with Crippen LogP contribution in [0.5, 0.6) is 5.75 Å². The molecule has 33 heavy (non-hydrogen) atoms. The van der Waals surface area contributed by atoms with Crippen molar-refractivity contribution in [2.45, 2.75) is 51.4 Å². The Morgan fingerprint density at radius 3 is 2.64 bits per heavy atom. The van der Waals surface area contributed by atoms with E-state index in [-0.39, 0.29) is 17.2 Å². The van der Waals surface area contributed by atoms with Gasteiger partial charge in [-0.1, -0.05) is 65.5 Å². The molecule has 6 heteroatoms. The van der Waals surface area contributed by atoms with Gasteiger partial charge in [0, 0.05) is 29.5 Å². The molecule has 4 rings (SSSR count). The summed E-state index contributed by atoms with van der Waals surface area (Å²) in [7, 11) is 0. The lowest BCUT2D eigenvalue weighted by Crippen LogP contribution is -2.51. The van der Waals surface area contributed by atoms with Crippen molar-refractivity contribution in [3.63, 3.8) is 0 Å². The van der Waals surface area contributed by atoms with Gasteiger partial charge in [0.05, 0.1) is 18.6 Å². The van der Waals surface area contributed by atoms with Crippen LogP contribution < -0.4 is 10.1 Å². The highest BCUT2D eigenvalue weighted by Gasteiger charge is 2.37. The average molecular weight is 513 g/mol. The number of para-hydroxylation sites is 1. The zero-order chi connectivity index (χ0) is 23.1. The first-order chi connectivity index (χ1) is 16.1. The lowest BCUT2D eigenvalue weighted by atomic mass is 9.75. The number of hydrogen-bond donors (Lipinski definition) is 1. The number of amides is 2. The van der Waals surface area contributed by atoms with Gasteiger partial charge in [0.2, 0.25) is 5.91 Å². The van der Waals surface area contributed by atoms with Crippen LogP contribution in [0, 0.1) is 5.41 Å². The summed E-state index contributed by atoms with van der Waals surface area (Å²) in [4.78, 5) is 28.3.